The smallest absolute Gasteiger partial charge is 0.224 e. The molecule has 2 aromatic rings. The van der Waals surface area contributed by atoms with E-state index in [1.54, 1.807) is 18.3 Å². The molecule has 0 fully saturated rings. The highest BCUT2D eigenvalue weighted by Gasteiger charge is 2.17. The van der Waals surface area contributed by atoms with E-state index in [1.165, 1.54) is 0 Å². The highest BCUT2D eigenvalue weighted by Crippen LogP contribution is 2.22. The number of ether oxygens (including phenoxy) is 1. The second-order valence-corrected chi connectivity index (χ2v) is 5.86. The van der Waals surface area contributed by atoms with E-state index in [0.29, 0.717) is 12.3 Å². The standard InChI is InChI=1S/C15H20N2O4S/c1-10-12(11(2)21-17-10)8-15(19)16-9-13(20-6-5-18)14-4-3-7-22-14/h3-4,7,13,18H,5-6,8-9H2,1-2H3,(H,16,19)/t13-/m1/s1. The topological polar surface area (TPSA) is 84.6 Å². The van der Waals surface area contributed by atoms with Crippen LogP contribution in [0.3, 0.4) is 0 Å². The Morgan fingerprint density at radius 3 is 2.95 bits per heavy atom. The van der Waals surface area contributed by atoms with Crippen molar-refractivity contribution < 1.29 is 19.2 Å². The molecule has 1 amide bonds. The van der Waals surface area contributed by atoms with Crippen LogP contribution in [0.25, 0.3) is 0 Å². The van der Waals surface area contributed by atoms with Crippen LogP contribution in [0.5, 0.6) is 0 Å². The van der Waals surface area contributed by atoms with Gasteiger partial charge in [0.2, 0.25) is 5.91 Å². The molecule has 2 aromatic heterocycles. The van der Waals surface area contributed by atoms with Crippen LogP contribution in [0, 0.1) is 13.8 Å². The minimum Gasteiger partial charge on any atom is -0.394 e. The van der Waals surface area contributed by atoms with E-state index in [1.807, 2.05) is 24.4 Å². The molecule has 0 spiro atoms. The fourth-order valence-electron chi connectivity index (χ4n) is 2.09. The van der Waals surface area contributed by atoms with Gasteiger partial charge in [0.05, 0.1) is 25.3 Å². The van der Waals surface area contributed by atoms with Crippen LogP contribution in [-0.4, -0.2) is 35.9 Å². The van der Waals surface area contributed by atoms with Crippen molar-refractivity contribution in [2.45, 2.75) is 26.4 Å². The second kappa shape index (κ2) is 8.07. The molecular formula is C15H20N2O4S. The number of nitrogens with zero attached hydrogens (tertiary/aromatic N) is 1. The molecule has 0 aromatic carbocycles. The normalized spacial score (nSPS) is 12.3. The molecule has 0 aliphatic rings. The predicted molar refractivity (Wildman–Crippen MR) is 82.8 cm³/mol. The van der Waals surface area contributed by atoms with Crippen LogP contribution in [0.4, 0.5) is 0 Å². The van der Waals surface area contributed by atoms with Crippen molar-refractivity contribution in [3.05, 3.63) is 39.4 Å². The van der Waals surface area contributed by atoms with Gasteiger partial charge in [0.15, 0.2) is 0 Å². The lowest BCUT2D eigenvalue weighted by Gasteiger charge is -2.16. The van der Waals surface area contributed by atoms with Crippen LogP contribution in [0.1, 0.15) is 28.0 Å². The molecule has 120 valence electrons. The van der Waals surface area contributed by atoms with Gasteiger partial charge in [0, 0.05) is 17.0 Å². The molecule has 0 unspecified atom stereocenters. The molecule has 22 heavy (non-hydrogen) atoms. The number of aromatic nitrogens is 1. The average molecular weight is 324 g/mol. The Labute approximate surface area is 133 Å². The Balaban J connectivity index is 1.90. The summed E-state index contributed by atoms with van der Waals surface area (Å²) in [7, 11) is 0. The van der Waals surface area contributed by atoms with E-state index < -0.39 is 0 Å². The maximum absolute atomic E-state index is 12.1. The van der Waals surface area contributed by atoms with Crippen molar-refractivity contribution in [3.8, 4) is 0 Å². The Morgan fingerprint density at radius 1 is 1.55 bits per heavy atom. The number of carbonyl (C=O) groups excluding carboxylic acids is 1. The molecule has 1 atom stereocenters. The van der Waals surface area contributed by atoms with Crippen LogP contribution < -0.4 is 5.32 Å². The van der Waals surface area contributed by atoms with Crippen LogP contribution in [-0.2, 0) is 16.0 Å². The van der Waals surface area contributed by atoms with E-state index >= 15 is 0 Å². The lowest BCUT2D eigenvalue weighted by Crippen LogP contribution is -2.31. The molecule has 2 N–H and O–H groups in total. The Bertz CT molecular complexity index is 575. The van der Waals surface area contributed by atoms with Crippen molar-refractivity contribution in [2.75, 3.05) is 19.8 Å². The van der Waals surface area contributed by atoms with E-state index in [2.05, 4.69) is 10.5 Å². The lowest BCUT2D eigenvalue weighted by molar-refractivity contribution is -0.121. The number of aryl methyl sites for hydroxylation is 2. The summed E-state index contributed by atoms with van der Waals surface area (Å²) in [5, 5.41) is 17.6. The van der Waals surface area contributed by atoms with E-state index in [0.717, 1.165) is 16.1 Å². The summed E-state index contributed by atoms with van der Waals surface area (Å²) in [5.41, 5.74) is 1.56. The fraction of sp³-hybridized carbons (Fsp3) is 0.467. The summed E-state index contributed by atoms with van der Waals surface area (Å²) in [6, 6.07) is 3.88. The number of rotatable bonds is 8. The molecule has 0 saturated heterocycles. The van der Waals surface area contributed by atoms with Crippen molar-refractivity contribution in [2.24, 2.45) is 0 Å². The summed E-state index contributed by atoms with van der Waals surface area (Å²) < 4.78 is 10.6. The first-order valence-corrected chi connectivity index (χ1v) is 7.94. The number of hydrogen-bond acceptors (Lipinski definition) is 6. The first kappa shape index (κ1) is 16.7. The minimum absolute atomic E-state index is 0.0467. The van der Waals surface area contributed by atoms with Crippen LogP contribution >= 0.6 is 11.3 Å². The molecule has 0 aliphatic carbocycles. The second-order valence-electron chi connectivity index (χ2n) is 4.88. The number of aliphatic hydroxyl groups is 1. The zero-order chi connectivity index (χ0) is 15.9. The zero-order valence-electron chi connectivity index (χ0n) is 12.7. The molecule has 2 heterocycles. The molecular weight excluding hydrogens is 304 g/mol. The monoisotopic (exact) mass is 324 g/mol. The Hall–Kier alpha value is -1.70. The van der Waals surface area contributed by atoms with Crippen LogP contribution in [0.2, 0.25) is 0 Å². The van der Waals surface area contributed by atoms with Gasteiger partial charge in [-0.3, -0.25) is 4.79 Å². The third-order valence-electron chi connectivity index (χ3n) is 3.27. The predicted octanol–water partition coefficient (Wildman–Crippen LogP) is 1.76. The van der Waals surface area contributed by atoms with Gasteiger partial charge in [0.25, 0.3) is 0 Å². The fourth-order valence-corrected chi connectivity index (χ4v) is 2.87. The van der Waals surface area contributed by atoms with Crippen molar-refractivity contribution in [3.63, 3.8) is 0 Å². The van der Waals surface area contributed by atoms with Gasteiger partial charge in [-0.2, -0.15) is 0 Å². The zero-order valence-corrected chi connectivity index (χ0v) is 13.5. The molecule has 0 aliphatic heterocycles. The van der Waals surface area contributed by atoms with E-state index in [4.69, 9.17) is 14.4 Å². The van der Waals surface area contributed by atoms with Gasteiger partial charge in [0.1, 0.15) is 11.9 Å². The lowest BCUT2D eigenvalue weighted by atomic mass is 10.1. The molecule has 2 rings (SSSR count). The minimum atomic E-state index is -0.249. The van der Waals surface area contributed by atoms with E-state index in [-0.39, 0.29) is 31.6 Å². The molecule has 0 saturated carbocycles. The van der Waals surface area contributed by atoms with Gasteiger partial charge in [-0.1, -0.05) is 11.2 Å². The van der Waals surface area contributed by atoms with Gasteiger partial charge in [-0.25, -0.2) is 0 Å². The Kier molecular flexibility index (Phi) is 6.11. The summed E-state index contributed by atoms with van der Waals surface area (Å²) in [5.74, 6) is 0.558. The number of amides is 1. The van der Waals surface area contributed by atoms with Gasteiger partial charge in [-0.15, -0.1) is 11.3 Å². The van der Waals surface area contributed by atoms with Crippen molar-refractivity contribution in [1.82, 2.24) is 10.5 Å². The number of carbonyl (C=O) groups is 1. The molecule has 6 nitrogen and oxygen atoms in total. The average Bonchev–Trinajstić information content (AvgIpc) is 3.13. The molecule has 7 heteroatoms. The molecule has 0 radical (unpaired) electrons. The number of thiophene rings is 1. The first-order valence-electron chi connectivity index (χ1n) is 7.06. The quantitative estimate of drug-likeness (QED) is 0.773. The highest BCUT2D eigenvalue weighted by molar-refractivity contribution is 7.10. The summed E-state index contributed by atoms with van der Waals surface area (Å²) in [6.07, 6.45) is -0.0148. The molecule has 0 bridgehead atoms. The summed E-state index contributed by atoms with van der Waals surface area (Å²) in [6.45, 7) is 4.17. The SMILES string of the molecule is Cc1noc(C)c1CC(=O)NC[C@@H](OCCO)c1cccs1. The third kappa shape index (κ3) is 4.40. The summed E-state index contributed by atoms with van der Waals surface area (Å²) in [4.78, 5) is 13.1. The number of hydrogen-bond donors (Lipinski definition) is 2. The van der Waals surface area contributed by atoms with Gasteiger partial charge >= 0.3 is 0 Å². The maximum Gasteiger partial charge on any atom is 0.224 e. The Morgan fingerprint density at radius 2 is 2.36 bits per heavy atom. The maximum atomic E-state index is 12.1. The van der Waals surface area contributed by atoms with E-state index in [9.17, 15) is 4.79 Å². The number of aliphatic hydroxyl groups excluding tert-OH is 1. The third-order valence-corrected chi connectivity index (χ3v) is 4.24. The first-order chi connectivity index (χ1) is 10.6. The van der Waals surface area contributed by atoms with Gasteiger partial charge in [-0.05, 0) is 25.3 Å². The largest absolute Gasteiger partial charge is 0.394 e. The number of nitrogens with one attached hydrogen (secondary N) is 1. The summed E-state index contributed by atoms with van der Waals surface area (Å²) >= 11 is 1.56. The van der Waals surface area contributed by atoms with Gasteiger partial charge < -0.3 is 19.7 Å². The van der Waals surface area contributed by atoms with Crippen LogP contribution in [0.15, 0.2) is 22.0 Å². The van der Waals surface area contributed by atoms with Crippen molar-refractivity contribution in [1.29, 1.82) is 0 Å². The van der Waals surface area contributed by atoms with Crippen molar-refractivity contribution >= 4 is 17.2 Å². The highest BCUT2D eigenvalue weighted by atomic mass is 32.1.